The van der Waals surface area contributed by atoms with E-state index in [4.69, 9.17) is 0 Å². The van der Waals surface area contributed by atoms with Gasteiger partial charge in [-0.15, -0.1) is 11.3 Å². The molecule has 0 bridgehead atoms. The molecule has 3 heterocycles. The molecule has 2 aliphatic rings. The summed E-state index contributed by atoms with van der Waals surface area (Å²) >= 11 is 1.30. The number of para-hydroxylation sites is 1. The van der Waals surface area contributed by atoms with Crippen LogP contribution in [0.25, 0.3) is 22.2 Å². The molecule has 0 unspecified atom stereocenters. The molecule has 1 spiro atoms. The van der Waals surface area contributed by atoms with Gasteiger partial charge in [0.15, 0.2) is 5.13 Å². The molecule has 3 N–H and O–H groups in total. The number of benzene rings is 1. The molecule has 1 saturated carbocycles. The molecule has 2 fully saturated rings. The number of carbonyl (C=O) groups excluding carboxylic acids is 3. The lowest BCUT2D eigenvalue weighted by Crippen LogP contribution is -2.44. The molecule has 1 aliphatic carbocycles. The predicted molar refractivity (Wildman–Crippen MR) is 109 cm³/mol. The van der Waals surface area contributed by atoms with Crippen molar-refractivity contribution >= 4 is 45.2 Å². The van der Waals surface area contributed by atoms with Gasteiger partial charge in [-0.2, -0.15) is 0 Å². The number of imide groups is 1. The minimum Gasteiger partial charge on any atom is -0.360 e. The normalized spacial score (nSPS) is 18.0. The number of rotatable bonds is 4. The Hall–Kier alpha value is -3.20. The third-order valence-electron chi connectivity index (χ3n) is 5.62. The summed E-state index contributed by atoms with van der Waals surface area (Å²) in [4.78, 5) is 46.0. The second kappa shape index (κ2) is 6.70. The first-order valence-corrected chi connectivity index (χ1v) is 10.4. The molecule has 2 aromatic heterocycles. The van der Waals surface area contributed by atoms with Gasteiger partial charge < -0.3 is 15.6 Å². The maximum atomic E-state index is 12.7. The van der Waals surface area contributed by atoms with Crippen molar-refractivity contribution in [1.29, 1.82) is 0 Å². The highest BCUT2D eigenvalue weighted by Gasteiger charge is 2.52. The van der Waals surface area contributed by atoms with Crippen molar-refractivity contribution in [3.05, 3.63) is 35.8 Å². The zero-order valence-electron chi connectivity index (χ0n) is 15.5. The van der Waals surface area contributed by atoms with Crippen LogP contribution in [0, 0.1) is 0 Å². The number of nitrogens with zero attached hydrogens (tertiary/aromatic N) is 2. The van der Waals surface area contributed by atoms with Crippen molar-refractivity contribution in [2.75, 3.05) is 11.9 Å². The van der Waals surface area contributed by atoms with E-state index in [1.807, 2.05) is 35.8 Å². The van der Waals surface area contributed by atoms with Crippen molar-refractivity contribution in [1.82, 2.24) is 20.2 Å². The predicted octanol–water partition coefficient (Wildman–Crippen LogP) is 3.09. The van der Waals surface area contributed by atoms with Crippen molar-refractivity contribution in [3.63, 3.8) is 0 Å². The van der Waals surface area contributed by atoms with Gasteiger partial charge in [0, 0.05) is 28.0 Å². The number of hydrogen-bond donors (Lipinski definition) is 3. The number of aromatic nitrogens is 2. The van der Waals surface area contributed by atoms with Gasteiger partial charge in [0.1, 0.15) is 12.1 Å². The summed E-state index contributed by atoms with van der Waals surface area (Å²) in [5.74, 6) is -0.739. The Morgan fingerprint density at radius 2 is 2.03 bits per heavy atom. The van der Waals surface area contributed by atoms with Crippen LogP contribution < -0.4 is 10.6 Å². The molecule has 3 aromatic rings. The molecular weight excluding hydrogens is 390 g/mol. The molecule has 148 valence electrons. The lowest BCUT2D eigenvalue weighted by Gasteiger charge is -2.19. The molecule has 1 aromatic carbocycles. The third kappa shape index (κ3) is 2.98. The van der Waals surface area contributed by atoms with E-state index in [0.717, 1.165) is 39.9 Å². The first-order chi connectivity index (χ1) is 14.1. The van der Waals surface area contributed by atoms with E-state index in [-0.39, 0.29) is 12.5 Å². The number of urea groups is 1. The van der Waals surface area contributed by atoms with Crippen LogP contribution in [0.3, 0.4) is 0 Å². The Balaban J connectivity index is 1.28. The Morgan fingerprint density at radius 3 is 2.86 bits per heavy atom. The van der Waals surface area contributed by atoms with E-state index in [1.54, 1.807) is 0 Å². The number of carbonyl (C=O) groups is 3. The molecule has 29 heavy (non-hydrogen) atoms. The summed E-state index contributed by atoms with van der Waals surface area (Å²) in [6, 6.07) is 7.42. The van der Waals surface area contributed by atoms with Crippen LogP contribution in [0.15, 0.2) is 35.8 Å². The third-order valence-corrected chi connectivity index (χ3v) is 6.38. The standard InChI is InChI=1S/C20H19N5O3S/c26-16(10-25-17(27)20(24-19(25)28)7-3-4-8-20)23-18-22-15(11-29-18)13-9-21-14-6-2-1-5-12(13)14/h1-2,5-6,9,11,21H,3-4,7-8,10H2,(H,24,28)(H,22,23,26). The summed E-state index contributed by atoms with van der Waals surface area (Å²) in [6.07, 6.45) is 4.97. The van der Waals surface area contributed by atoms with Gasteiger partial charge >= 0.3 is 6.03 Å². The summed E-state index contributed by atoms with van der Waals surface area (Å²) in [7, 11) is 0. The highest BCUT2D eigenvalue weighted by atomic mass is 32.1. The minimum absolute atomic E-state index is 0.297. The molecule has 1 aliphatic heterocycles. The van der Waals surface area contributed by atoms with Gasteiger partial charge in [-0.05, 0) is 18.9 Å². The van der Waals surface area contributed by atoms with Crippen LogP contribution >= 0.6 is 11.3 Å². The first-order valence-electron chi connectivity index (χ1n) is 9.52. The Bertz CT molecular complexity index is 1130. The fourth-order valence-electron chi connectivity index (χ4n) is 4.18. The van der Waals surface area contributed by atoms with Crippen molar-refractivity contribution < 1.29 is 14.4 Å². The molecule has 8 nitrogen and oxygen atoms in total. The minimum atomic E-state index is -0.805. The van der Waals surface area contributed by atoms with Gasteiger partial charge in [0.25, 0.3) is 5.91 Å². The van der Waals surface area contributed by atoms with Crippen molar-refractivity contribution in [3.8, 4) is 11.3 Å². The van der Waals surface area contributed by atoms with E-state index in [1.165, 1.54) is 11.3 Å². The fourth-order valence-corrected chi connectivity index (χ4v) is 4.90. The Morgan fingerprint density at radius 1 is 1.24 bits per heavy atom. The zero-order valence-corrected chi connectivity index (χ0v) is 16.3. The Kier molecular flexibility index (Phi) is 4.13. The number of amides is 4. The van der Waals surface area contributed by atoms with E-state index in [9.17, 15) is 14.4 Å². The molecule has 5 rings (SSSR count). The number of thiazole rings is 1. The topological polar surface area (TPSA) is 107 Å². The van der Waals surface area contributed by atoms with Gasteiger partial charge in [0.05, 0.1) is 5.69 Å². The molecule has 1 saturated heterocycles. The number of hydrogen-bond acceptors (Lipinski definition) is 5. The number of aromatic amines is 1. The number of fused-ring (bicyclic) bond motifs is 1. The smallest absolute Gasteiger partial charge is 0.325 e. The molecule has 0 radical (unpaired) electrons. The van der Waals surface area contributed by atoms with E-state index in [2.05, 4.69) is 20.6 Å². The summed E-state index contributed by atoms with van der Waals surface area (Å²) in [5, 5.41) is 8.83. The van der Waals surface area contributed by atoms with Crippen LogP contribution in [-0.4, -0.2) is 44.8 Å². The molecular formula is C20H19N5O3S. The second-order valence-corrected chi connectivity index (χ2v) is 8.30. The van der Waals surface area contributed by atoms with Crippen LogP contribution in [0.2, 0.25) is 0 Å². The van der Waals surface area contributed by atoms with E-state index in [0.29, 0.717) is 18.0 Å². The maximum absolute atomic E-state index is 12.7. The first kappa shape index (κ1) is 17.9. The van der Waals surface area contributed by atoms with Gasteiger partial charge in [0.2, 0.25) is 5.91 Å². The van der Waals surface area contributed by atoms with Gasteiger partial charge in [-0.1, -0.05) is 31.0 Å². The number of anilines is 1. The van der Waals surface area contributed by atoms with Crippen LogP contribution in [0.1, 0.15) is 25.7 Å². The molecule has 4 amide bonds. The molecule has 0 atom stereocenters. The second-order valence-electron chi connectivity index (χ2n) is 7.44. The fraction of sp³-hybridized carbons (Fsp3) is 0.300. The molecule has 9 heteroatoms. The summed E-state index contributed by atoms with van der Waals surface area (Å²) < 4.78 is 0. The SMILES string of the molecule is O=C(CN1C(=O)NC2(CCCC2)C1=O)Nc1nc(-c2c[nH]c3ccccc23)cs1. The van der Waals surface area contributed by atoms with Crippen molar-refractivity contribution in [2.24, 2.45) is 0 Å². The monoisotopic (exact) mass is 409 g/mol. The number of nitrogens with one attached hydrogen (secondary N) is 3. The van der Waals surface area contributed by atoms with Crippen LogP contribution in [-0.2, 0) is 9.59 Å². The van der Waals surface area contributed by atoms with E-state index < -0.39 is 17.5 Å². The average Bonchev–Trinajstić information content (AvgIpc) is 3.47. The van der Waals surface area contributed by atoms with Gasteiger partial charge in [-0.3, -0.25) is 14.5 Å². The summed E-state index contributed by atoms with van der Waals surface area (Å²) in [5.41, 5.74) is 1.92. The lowest BCUT2D eigenvalue weighted by atomic mass is 9.98. The van der Waals surface area contributed by atoms with E-state index >= 15 is 0 Å². The summed E-state index contributed by atoms with van der Waals surface area (Å²) in [6.45, 7) is -0.311. The van der Waals surface area contributed by atoms with Crippen LogP contribution in [0.4, 0.5) is 9.93 Å². The van der Waals surface area contributed by atoms with Crippen LogP contribution in [0.5, 0.6) is 0 Å². The lowest BCUT2D eigenvalue weighted by molar-refractivity contribution is -0.133. The van der Waals surface area contributed by atoms with Crippen molar-refractivity contribution in [2.45, 2.75) is 31.2 Å². The quantitative estimate of drug-likeness (QED) is 0.576. The highest BCUT2D eigenvalue weighted by molar-refractivity contribution is 7.14. The maximum Gasteiger partial charge on any atom is 0.325 e. The van der Waals surface area contributed by atoms with Gasteiger partial charge in [-0.25, -0.2) is 9.78 Å². The highest BCUT2D eigenvalue weighted by Crippen LogP contribution is 2.35. The zero-order chi connectivity index (χ0) is 20.0. The largest absolute Gasteiger partial charge is 0.360 e. The average molecular weight is 409 g/mol. The number of H-pyrrole nitrogens is 1. The Labute approximate surface area is 170 Å².